The van der Waals surface area contributed by atoms with E-state index < -0.39 is 17.9 Å². The summed E-state index contributed by atoms with van der Waals surface area (Å²) in [4.78, 5) is 21.6. The van der Waals surface area contributed by atoms with Crippen LogP contribution in [-0.2, 0) is 9.59 Å². The molecule has 0 unspecified atom stereocenters. The van der Waals surface area contributed by atoms with Crippen molar-refractivity contribution in [3.63, 3.8) is 0 Å². The lowest BCUT2D eigenvalue weighted by Crippen LogP contribution is -2.30. The molecule has 0 spiro atoms. The van der Waals surface area contributed by atoms with E-state index in [0.29, 0.717) is 11.4 Å². The molecule has 1 rings (SSSR count). The summed E-state index contributed by atoms with van der Waals surface area (Å²) < 4.78 is 5.00. The fraction of sp³-hybridized carbons (Fsp3) is 0.333. The zero-order chi connectivity index (χ0) is 13.5. The minimum Gasteiger partial charge on any atom is -0.497 e. The number of rotatable bonds is 7. The summed E-state index contributed by atoms with van der Waals surface area (Å²) in [6.45, 7) is 0. The normalized spacial score (nSPS) is 11.6. The van der Waals surface area contributed by atoms with Crippen LogP contribution < -0.4 is 15.8 Å². The van der Waals surface area contributed by atoms with Gasteiger partial charge in [0.05, 0.1) is 7.11 Å². The Morgan fingerprint density at radius 2 is 2.00 bits per heavy atom. The van der Waals surface area contributed by atoms with Crippen molar-refractivity contribution in [1.29, 1.82) is 0 Å². The van der Waals surface area contributed by atoms with Gasteiger partial charge in [-0.3, -0.25) is 4.79 Å². The first-order valence-electron chi connectivity index (χ1n) is 5.44. The molecule has 0 radical (unpaired) electrons. The number of carboxylic acid groups (broad SMARTS) is 1. The van der Waals surface area contributed by atoms with Crippen LogP contribution in [0.25, 0.3) is 0 Å². The lowest BCUT2D eigenvalue weighted by molar-refractivity contribution is -0.138. The van der Waals surface area contributed by atoms with Gasteiger partial charge in [0.25, 0.3) is 0 Å². The van der Waals surface area contributed by atoms with Gasteiger partial charge < -0.3 is 20.9 Å². The Kier molecular flexibility index (Phi) is 4.98. The molecule has 0 aliphatic carbocycles. The molecule has 6 heteroatoms. The largest absolute Gasteiger partial charge is 0.497 e. The third-order valence-electron chi connectivity index (χ3n) is 2.41. The lowest BCUT2D eigenvalue weighted by Gasteiger charge is -2.15. The van der Waals surface area contributed by atoms with Gasteiger partial charge in [-0.2, -0.15) is 0 Å². The molecule has 1 aromatic rings. The second kappa shape index (κ2) is 6.48. The summed E-state index contributed by atoms with van der Waals surface area (Å²) >= 11 is 0. The van der Waals surface area contributed by atoms with Crippen molar-refractivity contribution in [2.75, 3.05) is 12.4 Å². The molecule has 0 heterocycles. The summed E-state index contributed by atoms with van der Waals surface area (Å²) in [5, 5.41) is 11.8. The molecule has 1 aromatic carbocycles. The first-order valence-corrected chi connectivity index (χ1v) is 5.44. The molecular formula is C12H16N2O4. The third-order valence-corrected chi connectivity index (χ3v) is 2.41. The second-order valence-corrected chi connectivity index (χ2v) is 3.77. The van der Waals surface area contributed by atoms with Crippen LogP contribution in [0, 0.1) is 0 Å². The van der Waals surface area contributed by atoms with Crippen LogP contribution >= 0.6 is 0 Å². The Morgan fingerprint density at radius 3 is 2.44 bits per heavy atom. The highest BCUT2D eigenvalue weighted by molar-refractivity contribution is 5.79. The van der Waals surface area contributed by atoms with Gasteiger partial charge in [0.15, 0.2) is 0 Å². The molecule has 0 aliphatic rings. The fourth-order valence-corrected chi connectivity index (χ4v) is 1.43. The first kappa shape index (κ1) is 13.8. The average molecular weight is 252 g/mol. The van der Waals surface area contributed by atoms with Crippen LogP contribution in [0.1, 0.15) is 12.8 Å². The topological polar surface area (TPSA) is 102 Å². The van der Waals surface area contributed by atoms with Gasteiger partial charge >= 0.3 is 5.97 Å². The van der Waals surface area contributed by atoms with Crippen molar-refractivity contribution in [2.45, 2.75) is 18.9 Å². The van der Waals surface area contributed by atoms with E-state index in [4.69, 9.17) is 15.6 Å². The van der Waals surface area contributed by atoms with Gasteiger partial charge in [-0.25, -0.2) is 4.79 Å². The highest BCUT2D eigenvalue weighted by atomic mass is 16.5. The number of amides is 1. The van der Waals surface area contributed by atoms with Gasteiger partial charge in [-0.1, -0.05) is 0 Å². The van der Waals surface area contributed by atoms with Crippen LogP contribution in [0.3, 0.4) is 0 Å². The number of benzene rings is 1. The van der Waals surface area contributed by atoms with E-state index in [1.165, 1.54) is 0 Å². The summed E-state index contributed by atoms with van der Waals surface area (Å²) in [6, 6.07) is 6.01. The molecule has 1 amide bonds. The lowest BCUT2D eigenvalue weighted by atomic mass is 10.1. The number of hydrogen-bond donors (Lipinski definition) is 3. The number of aliphatic carboxylic acids is 1. The van der Waals surface area contributed by atoms with Crippen LogP contribution in [0.15, 0.2) is 24.3 Å². The number of primary amides is 1. The van der Waals surface area contributed by atoms with E-state index in [1.54, 1.807) is 31.4 Å². The van der Waals surface area contributed by atoms with Crippen LogP contribution in [-0.4, -0.2) is 30.1 Å². The maximum absolute atomic E-state index is 11.0. The van der Waals surface area contributed by atoms with E-state index in [2.05, 4.69) is 5.32 Å². The van der Waals surface area contributed by atoms with Crippen molar-refractivity contribution in [3.8, 4) is 5.75 Å². The van der Waals surface area contributed by atoms with Crippen molar-refractivity contribution in [3.05, 3.63) is 24.3 Å². The summed E-state index contributed by atoms with van der Waals surface area (Å²) in [7, 11) is 1.55. The SMILES string of the molecule is COc1ccc(N[C@@H](CCC(N)=O)C(=O)O)cc1. The molecule has 0 aromatic heterocycles. The molecule has 6 nitrogen and oxygen atoms in total. The Hall–Kier alpha value is -2.24. The number of ether oxygens (including phenoxy) is 1. The number of carbonyl (C=O) groups excluding carboxylic acids is 1. The summed E-state index contributed by atoms with van der Waals surface area (Å²) in [6.07, 6.45) is 0.177. The number of anilines is 1. The quantitative estimate of drug-likeness (QED) is 0.667. The molecule has 98 valence electrons. The maximum Gasteiger partial charge on any atom is 0.326 e. The number of methoxy groups -OCH3 is 1. The Balaban J connectivity index is 2.64. The number of carbonyl (C=O) groups is 2. The zero-order valence-electron chi connectivity index (χ0n) is 10.1. The van der Waals surface area contributed by atoms with Crippen LogP contribution in [0.2, 0.25) is 0 Å². The summed E-state index contributed by atoms with van der Waals surface area (Å²) in [5.41, 5.74) is 5.64. The molecule has 0 bridgehead atoms. The Labute approximate surface area is 105 Å². The molecule has 18 heavy (non-hydrogen) atoms. The first-order chi connectivity index (χ1) is 8.52. The zero-order valence-corrected chi connectivity index (χ0v) is 10.1. The van der Waals surface area contributed by atoms with Gasteiger partial charge in [-0.15, -0.1) is 0 Å². The van der Waals surface area contributed by atoms with Gasteiger partial charge in [0, 0.05) is 12.1 Å². The smallest absolute Gasteiger partial charge is 0.326 e. The molecule has 4 N–H and O–H groups in total. The number of nitrogens with two attached hydrogens (primary N) is 1. The minimum absolute atomic E-state index is 0.0279. The van der Waals surface area contributed by atoms with Gasteiger partial charge in [-0.05, 0) is 30.7 Å². The maximum atomic E-state index is 11.0. The van der Waals surface area contributed by atoms with Crippen molar-refractivity contribution in [2.24, 2.45) is 5.73 Å². The van der Waals surface area contributed by atoms with E-state index in [0.717, 1.165) is 0 Å². The van der Waals surface area contributed by atoms with E-state index in [-0.39, 0.29) is 12.8 Å². The van der Waals surface area contributed by atoms with E-state index in [9.17, 15) is 9.59 Å². The van der Waals surface area contributed by atoms with Crippen molar-refractivity contribution < 1.29 is 19.4 Å². The minimum atomic E-state index is -1.02. The van der Waals surface area contributed by atoms with Crippen molar-refractivity contribution in [1.82, 2.24) is 0 Å². The predicted molar refractivity (Wildman–Crippen MR) is 66.5 cm³/mol. The van der Waals surface area contributed by atoms with E-state index in [1.807, 2.05) is 0 Å². The van der Waals surface area contributed by atoms with Gasteiger partial charge in [0.1, 0.15) is 11.8 Å². The summed E-state index contributed by atoms with van der Waals surface area (Å²) in [5.74, 6) is -0.852. The second-order valence-electron chi connectivity index (χ2n) is 3.77. The number of carboxylic acids is 1. The van der Waals surface area contributed by atoms with Gasteiger partial charge in [0.2, 0.25) is 5.91 Å². The standard InChI is InChI=1S/C12H16N2O4/c1-18-9-4-2-8(3-5-9)14-10(12(16)17)6-7-11(13)15/h2-5,10,14H,6-7H2,1H3,(H2,13,15)(H,16,17)/t10-/m0/s1. The predicted octanol–water partition coefficient (Wildman–Crippen LogP) is 0.826. The van der Waals surface area contributed by atoms with Crippen molar-refractivity contribution >= 4 is 17.6 Å². The fourth-order valence-electron chi connectivity index (χ4n) is 1.43. The molecule has 0 saturated heterocycles. The molecular weight excluding hydrogens is 236 g/mol. The molecule has 0 fully saturated rings. The number of hydrogen-bond acceptors (Lipinski definition) is 4. The molecule has 1 atom stereocenters. The van der Waals surface area contributed by atoms with E-state index >= 15 is 0 Å². The highest BCUT2D eigenvalue weighted by Crippen LogP contribution is 2.16. The molecule has 0 saturated carbocycles. The average Bonchev–Trinajstić information content (AvgIpc) is 2.34. The Bertz CT molecular complexity index is 417. The number of nitrogens with one attached hydrogen (secondary N) is 1. The van der Waals surface area contributed by atoms with Crippen LogP contribution in [0.5, 0.6) is 5.75 Å². The third kappa shape index (κ3) is 4.32. The van der Waals surface area contributed by atoms with Crippen LogP contribution in [0.4, 0.5) is 5.69 Å². The monoisotopic (exact) mass is 252 g/mol. The molecule has 0 aliphatic heterocycles. The Morgan fingerprint density at radius 1 is 1.39 bits per heavy atom. The highest BCUT2D eigenvalue weighted by Gasteiger charge is 2.17.